The van der Waals surface area contributed by atoms with Crippen molar-refractivity contribution in [3.63, 3.8) is 0 Å². The van der Waals surface area contributed by atoms with Gasteiger partial charge in [0.15, 0.2) is 0 Å². The average Bonchev–Trinajstić information content (AvgIpc) is 3.18. The van der Waals surface area contributed by atoms with Crippen molar-refractivity contribution in [1.29, 1.82) is 0 Å². The predicted octanol–water partition coefficient (Wildman–Crippen LogP) is 2.51. The largest absolute Gasteiger partial charge is 0.351 e. The SMILES string of the molecule is O=C(NCCS(=O)(=O)N1CCCC1)c1cccc(-c2ccccc2)c1. The van der Waals surface area contributed by atoms with Crippen LogP contribution in [0, 0.1) is 0 Å². The third-order valence-electron chi connectivity index (χ3n) is 4.34. The second kappa shape index (κ2) is 7.80. The number of rotatable bonds is 6. The molecule has 6 heteroatoms. The molecule has 2 aromatic carbocycles. The van der Waals surface area contributed by atoms with Gasteiger partial charge in [-0.25, -0.2) is 12.7 Å². The molecule has 25 heavy (non-hydrogen) atoms. The second-order valence-electron chi connectivity index (χ2n) is 6.12. The first kappa shape index (κ1) is 17.6. The molecule has 0 saturated carbocycles. The van der Waals surface area contributed by atoms with Crippen molar-refractivity contribution in [2.24, 2.45) is 0 Å². The molecule has 1 N–H and O–H groups in total. The van der Waals surface area contributed by atoms with E-state index < -0.39 is 10.0 Å². The second-order valence-corrected chi connectivity index (χ2v) is 8.21. The van der Waals surface area contributed by atoms with Gasteiger partial charge in [-0.2, -0.15) is 0 Å². The maximum Gasteiger partial charge on any atom is 0.251 e. The highest BCUT2D eigenvalue weighted by Gasteiger charge is 2.24. The van der Waals surface area contributed by atoms with Gasteiger partial charge in [0.1, 0.15) is 0 Å². The summed E-state index contributed by atoms with van der Waals surface area (Å²) < 4.78 is 25.8. The lowest BCUT2D eigenvalue weighted by Crippen LogP contribution is -2.36. The molecule has 3 rings (SSSR count). The lowest BCUT2D eigenvalue weighted by molar-refractivity contribution is 0.0956. The van der Waals surface area contributed by atoms with Crippen LogP contribution in [0.2, 0.25) is 0 Å². The Morgan fingerprint density at radius 1 is 0.960 bits per heavy atom. The van der Waals surface area contributed by atoms with Crippen molar-refractivity contribution >= 4 is 15.9 Å². The Kier molecular flexibility index (Phi) is 5.50. The van der Waals surface area contributed by atoms with E-state index in [2.05, 4.69) is 5.32 Å². The van der Waals surface area contributed by atoms with Crippen LogP contribution >= 0.6 is 0 Å². The maximum absolute atomic E-state index is 12.3. The summed E-state index contributed by atoms with van der Waals surface area (Å²) in [7, 11) is -3.27. The molecule has 2 aromatic rings. The first-order valence-corrected chi connectivity index (χ1v) is 10.1. The number of nitrogens with zero attached hydrogens (tertiary/aromatic N) is 1. The molecule has 5 nitrogen and oxygen atoms in total. The van der Waals surface area contributed by atoms with Crippen LogP contribution in [0.5, 0.6) is 0 Å². The van der Waals surface area contributed by atoms with Crippen LogP contribution in [0.3, 0.4) is 0 Å². The van der Waals surface area contributed by atoms with E-state index in [0.29, 0.717) is 18.7 Å². The molecule has 1 amide bonds. The number of sulfonamides is 1. The Labute approximate surface area is 148 Å². The van der Waals surface area contributed by atoms with Gasteiger partial charge in [0.25, 0.3) is 5.91 Å². The summed E-state index contributed by atoms with van der Waals surface area (Å²) in [5.41, 5.74) is 2.52. The van der Waals surface area contributed by atoms with Gasteiger partial charge < -0.3 is 5.32 Å². The zero-order chi connectivity index (χ0) is 17.7. The minimum atomic E-state index is -3.27. The molecule has 1 aliphatic rings. The summed E-state index contributed by atoms with van der Waals surface area (Å²) in [6.07, 6.45) is 1.83. The van der Waals surface area contributed by atoms with Crippen molar-refractivity contribution in [2.45, 2.75) is 12.8 Å². The number of carbonyl (C=O) groups excluding carboxylic acids is 1. The number of amides is 1. The molecule has 0 atom stereocenters. The van der Waals surface area contributed by atoms with Gasteiger partial charge in [-0.15, -0.1) is 0 Å². The van der Waals surface area contributed by atoms with Gasteiger partial charge in [0.2, 0.25) is 10.0 Å². The molecule has 0 aliphatic carbocycles. The normalized spacial score (nSPS) is 15.2. The highest BCUT2D eigenvalue weighted by molar-refractivity contribution is 7.89. The van der Waals surface area contributed by atoms with Crippen LogP contribution in [0.25, 0.3) is 11.1 Å². The molecule has 1 aliphatic heterocycles. The van der Waals surface area contributed by atoms with Gasteiger partial charge in [-0.05, 0) is 36.1 Å². The highest BCUT2D eigenvalue weighted by atomic mass is 32.2. The molecule has 1 fully saturated rings. The molecule has 1 heterocycles. The quantitative estimate of drug-likeness (QED) is 0.863. The Balaban J connectivity index is 1.60. The summed E-state index contributed by atoms with van der Waals surface area (Å²) in [6.45, 7) is 1.30. The minimum absolute atomic E-state index is 0.0584. The third kappa shape index (κ3) is 4.46. The smallest absolute Gasteiger partial charge is 0.251 e. The maximum atomic E-state index is 12.3. The van der Waals surface area contributed by atoms with Crippen molar-refractivity contribution in [1.82, 2.24) is 9.62 Å². The topological polar surface area (TPSA) is 66.5 Å². The standard InChI is InChI=1S/C19H22N2O3S/c22-19(20-11-14-25(23,24)21-12-4-5-13-21)18-10-6-9-17(15-18)16-7-2-1-3-8-16/h1-3,6-10,15H,4-5,11-14H2,(H,20,22). The van der Waals surface area contributed by atoms with Gasteiger partial charge in [0.05, 0.1) is 5.75 Å². The summed E-state index contributed by atoms with van der Waals surface area (Å²) in [5.74, 6) is -0.314. The van der Waals surface area contributed by atoms with Crippen LogP contribution in [-0.4, -0.2) is 44.0 Å². The molecule has 1 saturated heterocycles. The van der Waals surface area contributed by atoms with Crippen LogP contribution in [0.15, 0.2) is 54.6 Å². The summed E-state index contributed by atoms with van der Waals surface area (Å²) in [5, 5.41) is 2.71. The Hall–Kier alpha value is -2.18. The fourth-order valence-corrected chi connectivity index (χ4v) is 4.39. The molecule has 0 aromatic heterocycles. The van der Waals surface area contributed by atoms with Crippen LogP contribution < -0.4 is 5.32 Å². The minimum Gasteiger partial charge on any atom is -0.351 e. The Morgan fingerprint density at radius 2 is 1.64 bits per heavy atom. The van der Waals surface area contributed by atoms with Crippen LogP contribution in [-0.2, 0) is 10.0 Å². The molecule has 0 bridgehead atoms. The lowest BCUT2D eigenvalue weighted by atomic mass is 10.0. The molecular formula is C19H22N2O3S. The zero-order valence-corrected chi connectivity index (χ0v) is 14.8. The van der Waals surface area contributed by atoms with Gasteiger partial charge in [-0.1, -0.05) is 42.5 Å². The number of benzene rings is 2. The first-order valence-electron chi connectivity index (χ1n) is 8.48. The number of hydrogen-bond acceptors (Lipinski definition) is 3. The zero-order valence-electron chi connectivity index (χ0n) is 14.0. The lowest BCUT2D eigenvalue weighted by Gasteiger charge is -2.15. The van der Waals surface area contributed by atoms with Crippen molar-refractivity contribution in [2.75, 3.05) is 25.4 Å². The Bertz CT molecular complexity index is 829. The molecule has 132 valence electrons. The van der Waals surface area contributed by atoms with E-state index in [4.69, 9.17) is 0 Å². The van der Waals surface area contributed by atoms with Gasteiger partial charge in [-0.3, -0.25) is 4.79 Å². The van der Waals surface area contributed by atoms with Gasteiger partial charge >= 0.3 is 0 Å². The van der Waals surface area contributed by atoms with E-state index in [9.17, 15) is 13.2 Å². The van der Waals surface area contributed by atoms with E-state index >= 15 is 0 Å². The van der Waals surface area contributed by atoms with Crippen molar-refractivity contribution in [3.05, 3.63) is 60.2 Å². The number of carbonyl (C=O) groups is 1. The van der Waals surface area contributed by atoms with Crippen molar-refractivity contribution < 1.29 is 13.2 Å². The fourth-order valence-electron chi connectivity index (χ4n) is 2.96. The van der Waals surface area contributed by atoms with Crippen molar-refractivity contribution in [3.8, 4) is 11.1 Å². The van der Waals surface area contributed by atoms with E-state index in [1.165, 1.54) is 4.31 Å². The molecule has 0 radical (unpaired) electrons. The van der Waals surface area contributed by atoms with E-state index in [-0.39, 0.29) is 18.2 Å². The summed E-state index contributed by atoms with van der Waals surface area (Å²) in [6, 6.07) is 17.1. The van der Waals surface area contributed by atoms with Gasteiger partial charge in [0, 0.05) is 25.2 Å². The number of nitrogens with one attached hydrogen (secondary N) is 1. The van der Waals surface area contributed by atoms with E-state index in [1.54, 1.807) is 6.07 Å². The first-order chi connectivity index (χ1) is 12.1. The average molecular weight is 358 g/mol. The third-order valence-corrected chi connectivity index (χ3v) is 6.21. The molecule has 0 unspecified atom stereocenters. The highest BCUT2D eigenvalue weighted by Crippen LogP contribution is 2.20. The van der Waals surface area contributed by atoms with Crippen LogP contribution in [0.4, 0.5) is 0 Å². The summed E-state index contributed by atoms with van der Waals surface area (Å²) in [4.78, 5) is 12.3. The fraction of sp³-hybridized carbons (Fsp3) is 0.316. The number of hydrogen-bond donors (Lipinski definition) is 1. The molecule has 0 spiro atoms. The predicted molar refractivity (Wildman–Crippen MR) is 98.8 cm³/mol. The van der Waals surface area contributed by atoms with E-state index in [1.807, 2.05) is 48.5 Å². The monoisotopic (exact) mass is 358 g/mol. The van der Waals surface area contributed by atoms with E-state index in [0.717, 1.165) is 24.0 Å². The molecular weight excluding hydrogens is 336 g/mol. The van der Waals surface area contributed by atoms with Crippen LogP contribution in [0.1, 0.15) is 23.2 Å². The summed E-state index contributed by atoms with van der Waals surface area (Å²) >= 11 is 0. The Morgan fingerprint density at radius 3 is 2.36 bits per heavy atom.